The summed E-state index contributed by atoms with van der Waals surface area (Å²) in [5.74, 6) is 0.560. The van der Waals surface area contributed by atoms with Crippen LogP contribution in [0.5, 0.6) is 5.75 Å². The summed E-state index contributed by atoms with van der Waals surface area (Å²) in [4.78, 5) is 20.3. The first-order chi connectivity index (χ1) is 12.5. The molecule has 0 atom stereocenters. The Hall–Kier alpha value is -2.38. The normalized spacial score (nSPS) is 15.0. The molecule has 0 radical (unpaired) electrons. The molecule has 2 aromatic rings. The lowest BCUT2D eigenvalue weighted by atomic mass is 10.2. The topological polar surface area (TPSA) is 57.7 Å². The maximum atomic E-state index is 13.2. The summed E-state index contributed by atoms with van der Waals surface area (Å²) < 4.78 is 18.5. The fourth-order valence-corrected chi connectivity index (χ4v) is 3.05. The van der Waals surface area contributed by atoms with Gasteiger partial charge in [-0.15, -0.1) is 0 Å². The molecule has 3 rings (SSSR count). The molecule has 138 valence electrons. The molecule has 8 heteroatoms. The smallest absolute Gasteiger partial charge is 0.238 e. The minimum Gasteiger partial charge on any atom is -0.495 e. The van der Waals surface area contributed by atoms with Crippen molar-refractivity contribution in [3.8, 4) is 5.75 Å². The molecule has 2 heterocycles. The van der Waals surface area contributed by atoms with Gasteiger partial charge in [0, 0.05) is 31.2 Å². The van der Waals surface area contributed by atoms with Crippen LogP contribution in [0.1, 0.15) is 0 Å². The van der Waals surface area contributed by atoms with Gasteiger partial charge in [0.15, 0.2) is 0 Å². The van der Waals surface area contributed by atoms with Crippen LogP contribution in [0.2, 0.25) is 5.02 Å². The van der Waals surface area contributed by atoms with Gasteiger partial charge in [0.25, 0.3) is 0 Å². The van der Waals surface area contributed by atoms with E-state index in [9.17, 15) is 9.18 Å². The van der Waals surface area contributed by atoms with E-state index in [1.54, 1.807) is 37.4 Å². The summed E-state index contributed by atoms with van der Waals surface area (Å²) >= 11 is 5.98. The number of carbonyl (C=O) groups excluding carboxylic acids is 1. The van der Waals surface area contributed by atoms with E-state index in [4.69, 9.17) is 16.3 Å². The molecule has 1 amide bonds. The number of anilines is 2. The van der Waals surface area contributed by atoms with Gasteiger partial charge in [0.05, 0.1) is 19.3 Å². The van der Waals surface area contributed by atoms with Gasteiger partial charge in [-0.25, -0.2) is 4.98 Å². The number of benzene rings is 1. The molecule has 6 nitrogen and oxygen atoms in total. The Bertz CT molecular complexity index is 782. The number of piperazine rings is 1. The van der Waals surface area contributed by atoms with Crippen molar-refractivity contribution in [2.75, 3.05) is 50.1 Å². The number of nitrogens with zero attached hydrogens (tertiary/aromatic N) is 3. The van der Waals surface area contributed by atoms with Gasteiger partial charge < -0.3 is 15.0 Å². The third kappa shape index (κ3) is 4.62. The van der Waals surface area contributed by atoms with E-state index in [0.717, 1.165) is 0 Å². The number of hydrogen-bond acceptors (Lipinski definition) is 5. The van der Waals surface area contributed by atoms with E-state index in [2.05, 4.69) is 10.3 Å². The van der Waals surface area contributed by atoms with E-state index in [1.807, 2.05) is 9.80 Å². The molecule has 1 aromatic carbocycles. The maximum Gasteiger partial charge on any atom is 0.238 e. The highest BCUT2D eigenvalue weighted by molar-refractivity contribution is 6.31. The molecule has 1 fully saturated rings. The molecule has 26 heavy (non-hydrogen) atoms. The van der Waals surface area contributed by atoms with E-state index < -0.39 is 5.95 Å². The van der Waals surface area contributed by atoms with Crippen molar-refractivity contribution in [2.24, 2.45) is 0 Å². The summed E-state index contributed by atoms with van der Waals surface area (Å²) in [6, 6.07) is 9.84. The lowest BCUT2D eigenvalue weighted by molar-refractivity contribution is -0.117. The standard InChI is InChI=1S/C18H20ClFN4O2/c1-26-15-6-5-13(19)11-14(15)21-18(25)12-23-7-9-24(10-8-23)17-4-2-3-16(20)22-17/h2-6,11H,7-10,12H2,1H3,(H,21,25). The van der Waals surface area contributed by atoms with Gasteiger partial charge in [-0.2, -0.15) is 4.39 Å². The van der Waals surface area contributed by atoms with Gasteiger partial charge in [0.2, 0.25) is 11.9 Å². The van der Waals surface area contributed by atoms with Crippen molar-refractivity contribution in [3.63, 3.8) is 0 Å². The Kier molecular flexibility index (Phi) is 5.90. The summed E-state index contributed by atoms with van der Waals surface area (Å²) in [6.07, 6.45) is 0. The molecule has 0 spiro atoms. The molecule has 1 aromatic heterocycles. The number of pyridine rings is 1. The first-order valence-electron chi connectivity index (χ1n) is 8.28. The minimum atomic E-state index is -0.486. The van der Waals surface area contributed by atoms with E-state index in [-0.39, 0.29) is 12.5 Å². The van der Waals surface area contributed by atoms with Gasteiger partial charge in [0.1, 0.15) is 11.6 Å². The number of aromatic nitrogens is 1. The van der Waals surface area contributed by atoms with Gasteiger partial charge in [-0.05, 0) is 30.3 Å². The Morgan fingerprint density at radius 3 is 2.73 bits per heavy atom. The largest absolute Gasteiger partial charge is 0.495 e. The van der Waals surface area contributed by atoms with Crippen LogP contribution < -0.4 is 15.0 Å². The van der Waals surface area contributed by atoms with E-state index >= 15 is 0 Å². The van der Waals surface area contributed by atoms with Gasteiger partial charge in [-0.1, -0.05) is 17.7 Å². The zero-order valence-corrected chi connectivity index (χ0v) is 15.2. The highest BCUT2D eigenvalue weighted by Crippen LogP contribution is 2.27. The van der Waals surface area contributed by atoms with E-state index in [0.29, 0.717) is 48.5 Å². The fourth-order valence-electron chi connectivity index (χ4n) is 2.88. The van der Waals surface area contributed by atoms with Crippen LogP contribution in [0.15, 0.2) is 36.4 Å². The average molecular weight is 379 g/mol. The maximum absolute atomic E-state index is 13.2. The van der Waals surface area contributed by atoms with Crippen LogP contribution >= 0.6 is 11.6 Å². The predicted octanol–water partition coefficient (Wildman–Crippen LogP) is 2.64. The zero-order chi connectivity index (χ0) is 18.5. The second-order valence-corrected chi connectivity index (χ2v) is 6.41. The number of halogens is 2. The van der Waals surface area contributed by atoms with Crippen LogP contribution in [-0.4, -0.2) is 55.6 Å². The highest BCUT2D eigenvalue weighted by Gasteiger charge is 2.20. The van der Waals surface area contributed by atoms with Crippen LogP contribution in [0, 0.1) is 5.95 Å². The number of nitrogens with one attached hydrogen (secondary N) is 1. The number of amides is 1. The molecule has 1 saturated heterocycles. The van der Waals surface area contributed by atoms with Gasteiger partial charge in [-0.3, -0.25) is 9.69 Å². The molecular formula is C18H20ClFN4O2. The summed E-state index contributed by atoms with van der Waals surface area (Å²) in [6.45, 7) is 3.02. The molecule has 0 saturated carbocycles. The number of carbonyl (C=O) groups is 1. The van der Waals surface area contributed by atoms with Crippen molar-refractivity contribution in [2.45, 2.75) is 0 Å². The Balaban J connectivity index is 1.53. The summed E-state index contributed by atoms with van der Waals surface area (Å²) in [5, 5.41) is 3.36. The molecule has 0 aliphatic carbocycles. The predicted molar refractivity (Wildman–Crippen MR) is 99.5 cm³/mol. The number of methoxy groups -OCH3 is 1. The first-order valence-corrected chi connectivity index (χ1v) is 8.66. The second-order valence-electron chi connectivity index (χ2n) is 5.97. The van der Waals surface area contributed by atoms with Crippen LogP contribution in [0.3, 0.4) is 0 Å². The highest BCUT2D eigenvalue weighted by atomic mass is 35.5. The van der Waals surface area contributed by atoms with Crippen molar-refractivity contribution in [3.05, 3.63) is 47.4 Å². The molecule has 1 aliphatic heterocycles. The lowest BCUT2D eigenvalue weighted by Crippen LogP contribution is -2.49. The molecule has 1 aliphatic rings. The first kappa shape index (κ1) is 18.4. The second kappa shape index (κ2) is 8.33. The molecular weight excluding hydrogens is 359 g/mol. The van der Waals surface area contributed by atoms with Crippen molar-refractivity contribution >= 4 is 29.0 Å². The van der Waals surface area contributed by atoms with Crippen molar-refractivity contribution in [1.29, 1.82) is 0 Å². The molecule has 0 unspecified atom stereocenters. The summed E-state index contributed by atoms with van der Waals surface area (Å²) in [7, 11) is 1.54. The third-order valence-electron chi connectivity index (χ3n) is 4.20. The molecule has 0 bridgehead atoms. The van der Waals surface area contributed by atoms with Gasteiger partial charge >= 0.3 is 0 Å². The zero-order valence-electron chi connectivity index (χ0n) is 14.4. The number of rotatable bonds is 5. The molecule has 1 N–H and O–H groups in total. The van der Waals surface area contributed by atoms with Crippen LogP contribution in [0.4, 0.5) is 15.9 Å². The van der Waals surface area contributed by atoms with Crippen molar-refractivity contribution in [1.82, 2.24) is 9.88 Å². The van der Waals surface area contributed by atoms with Crippen LogP contribution in [0.25, 0.3) is 0 Å². The fraction of sp³-hybridized carbons (Fsp3) is 0.333. The third-order valence-corrected chi connectivity index (χ3v) is 4.43. The minimum absolute atomic E-state index is 0.136. The summed E-state index contributed by atoms with van der Waals surface area (Å²) in [5.41, 5.74) is 0.549. The van der Waals surface area contributed by atoms with Crippen molar-refractivity contribution < 1.29 is 13.9 Å². The monoisotopic (exact) mass is 378 g/mol. The number of hydrogen-bond donors (Lipinski definition) is 1. The Morgan fingerprint density at radius 1 is 1.27 bits per heavy atom. The Labute approximate surface area is 156 Å². The number of ether oxygens (including phenoxy) is 1. The quantitative estimate of drug-likeness (QED) is 0.810. The van der Waals surface area contributed by atoms with Crippen LogP contribution in [-0.2, 0) is 4.79 Å². The SMILES string of the molecule is COc1ccc(Cl)cc1NC(=O)CN1CCN(c2cccc(F)n2)CC1. The average Bonchev–Trinajstić information content (AvgIpc) is 2.62. The Morgan fingerprint density at radius 2 is 2.04 bits per heavy atom. The lowest BCUT2D eigenvalue weighted by Gasteiger charge is -2.35. The van der Waals surface area contributed by atoms with E-state index in [1.165, 1.54) is 6.07 Å².